The molecule has 0 radical (unpaired) electrons. The summed E-state index contributed by atoms with van der Waals surface area (Å²) in [5.74, 6) is 0. The summed E-state index contributed by atoms with van der Waals surface area (Å²) in [5.41, 5.74) is -3.46. The van der Waals surface area contributed by atoms with E-state index in [0.29, 0.717) is 5.56 Å². The third-order valence-electron chi connectivity index (χ3n) is 4.26. The van der Waals surface area contributed by atoms with E-state index in [4.69, 9.17) is 0 Å². The first-order valence-electron chi connectivity index (χ1n) is 8.93. The maximum atomic E-state index is 13.2. The minimum absolute atomic E-state index is 0.0581. The molecule has 0 spiro atoms. The third kappa shape index (κ3) is 5.39. The van der Waals surface area contributed by atoms with Crippen LogP contribution in [0.2, 0.25) is 0 Å². The van der Waals surface area contributed by atoms with Crippen molar-refractivity contribution in [2.45, 2.75) is 19.3 Å². The average molecular weight is 473 g/mol. The van der Waals surface area contributed by atoms with Gasteiger partial charge in [0.15, 0.2) is 5.69 Å². The predicted molar refractivity (Wildman–Crippen MR) is 104 cm³/mol. The molecule has 2 N–H and O–H groups in total. The minimum atomic E-state index is -5.10. The lowest BCUT2D eigenvalue weighted by Gasteiger charge is -2.12. The van der Waals surface area contributed by atoms with Gasteiger partial charge in [0, 0.05) is 17.8 Å². The molecule has 8 nitrogen and oxygen atoms in total. The summed E-state index contributed by atoms with van der Waals surface area (Å²) in [6.45, 7) is 1.62. The zero-order valence-corrected chi connectivity index (χ0v) is 16.5. The molecule has 0 aliphatic rings. The SMILES string of the molecule is Cc1ccc(NC(=O)Nc2ccc(-n3nc(C(F)(F)F)cc3C(F)(F)F)cc2)c([N+](=O)[O-])c1. The molecule has 0 aliphatic carbocycles. The number of aryl methyl sites for hydroxylation is 1. The highest BCUT2D eigenvalue weighted by Crippen LogP contribution is 2.36. The minimum Gasteiger partial charge on any atom is -0.308 e. The van der Waals surface area contributed by atoms with E-state index in [-0.39, 0.29) is 33.5 Å². The summed E-state index contributed by atoms with van der Waals surface area (Å²) in [4.78, 5) is 22.6. The number of nitro benzene ring substituents is 1. The Balaban J connectivity index is 1.81. The molecule has 2 amide bonds. The summed E-state index contributed by atoms with van der Waals surface area (Å²) in [6, 6.07) is 7.43. The van der Waals surface area contributed by atoms with Crippen LogP contribution in [0, 0.1) is 17.0 Å². The first kappa shape index (κ1) is 23.6. The molecule has 3 aromatic rings. The van der Waals surface area contributed by atoms with Crippen molar-refractivity contribution in [2.75, 3.05) is 10.6 Å². The first-order valence-corrected chi connectivity index (χ1v) is 8.93. The number of carbonyl (C=O) groups excluding carboxylic acids is 1. The lowest BCUT2D eigenvalue weighted by Crippen LogP contribution is -2.20. The van der Waals surface area contributed by atoms with Crippen LogP contribution < -0.4 is 10.6 Å². The van der Waals surface area contributed by atoms with E-state index < -0.39 is 34.7 Å². The first-order chi connectivity index (χ1) is 15.3. The third-order valence-corrected chi connectivity index (χ3v) is 4.26. The fraction of sp³-hybridized carbons (Fsp3) is 0.158. The van der Waals surface area contributed by atoms with Gasteiger partial charge in [-0.1, -0.05) is 6.07 Å². The predicted octanol–water partition coefficient (Wildman–Crippen LogP) is 5.77. The molecule has 3 rings (SSSR count). The van der Waals surface area contributed by atoms with E-state index >= 15 is 0 Å². The van der Waals surface area contributed by atoms with E-state index in [1.807, 2.05) is 0 Å². The second-order valence-electron chi connectivity index (χ2n) is 6.73. The van der Waals surface area contributed by atoms with Gasteiger partial charge in [0.25, 0.3) is 5.69 Å². The van der Waals surface area contributed by atoms with Crippen molar-refractivity contribution < 1.29 is 36.1 Å². The number of nitro groups is 1. The Morgan fingerprint density at radius 1 is 0.970 bits per heavy atom. The molecule has 0 saturated carbocycles. The lowest BCUT2D eigenvalue weighted by molar-refractivity contribution is -0.384. The van der Waals surface area contributed by atoms with Crippen LogP contribution >= 0.6 is 0 Å². The molecule has 0 unspecified atom stereocenters. The van der Waals surface area contributed by atoms with Crippen LogP contribution in [0.1, 0.15) is 17.0 Å². The number of anilines is 2. The second-order valence-corrected chi connectivity index (χ2v) is 6.73. The number of carbonyl (C=O) groups is 1. The van der Waals surface area contributed by atoms with Gasteiger partial charge in [0.2, 0.25) is 0 Å². The van der Waals surface area contributed by atoms with Crippen LogP contribution in [0.25, 0.3) is 5.69 Å². The van der Waals surface area contributed by atoms with Crippen molar-refractivity contribution in [2.24, 2.45) is 0 Å². The number of amides is 2. The zero-order chi connectivity index (χ0) is 24.6. The molecule has 0 saturated heterocycles. The summed E-state index contributed by atoms with van der Waals surface area (Å²) >= 11 is 0. The Labute approximate surface area is 181 Å². The largest absolute Gasteiger partial charge is 0.435 e. The number of nitrogens with one attached hydrogen (secondary N) is 2. The number of halogens is 6. The van der Waals surface area contributed by atoms with E-state index in [1.165, 1.54) is 18.2 Å². The van der Waals surface area contributed by atoms with Crippen LogP contribution in [0.4, 0.5) is 48.2 Å². The molecule has 14 heteroatoms. The fourth-order valence-corrected chi connectivity index (χ4v) is 2.79. The van der Waals surface area contributed by atoms with Crippen molar-refractivity contribution in [3.05, 3.63) is 75.6 Å². The Kier molecular flexibility index (Phi) is 6.03. The average Bonchev–Trinajstić information content (AvgIpc) is 3.16. The Bertz CT molecular complexity index is 1200. The molecule has 0 fully saturated rings. The van der Waals surface area contributed by atoms with Crippen LogP contribution in [-0.2, 0) is 12.4 Å². The molecule has 0 bridgehead atoms. The van der Waals surface area contributed by atoms with Gasteiger partial charge in [-0.2, -0.15) is 31.4 Å². The number of urea groups is 1. The number of rotatable bonds is 4. The smallest absolute Gasteiger partial charge is 0.308 e. The second kappa shape index (κ2) is 8.44. The molecule has 0 aliphatic heterocycles. The number of hydrogen-bond donors (Lipinski definition) is 2. The van der Waals surface area contributed by atoms with E-state index in [1.54, 1.807) is 6.92 Å². The monoisotopic (exact) mass is 473 g/mol. The summed E-state index contributed by atoms with van der Waals surface area (Å²) in [7, 11) is 0. The molecule has 1 heterocycles. The fourth-order valence-electron chi connectivity index (χ4n) is 2.79. The Morgan fingerprint density at radius 2 is 1.61 bits per heavy atom. The van der Waals surface area contributed by atoms with Gasteiger partial charge < -0.3 is 10.6 Å². The number of hydrogen-bond acceptors (Lipinski definition) is 4. The van der Waals surface area contributed by atoms with Crippen molar-refractivity contribution in [3.63, 3.8) is 0 Å². The molecular weight excluding hydrogens is 460 g/mol. The highest BCUT2D eigenvalue weighted by molar-refractivity contribution is 6.01. The maximum absolute atomic E-state index is 13.2. The van der Waals surface area contributed by atoms with Crippen LogP contribution in [0.3, 0.4) is 0 Å². The van der Waals surface area contributed by atoms with Gasteiger partial charge in [0.1, 0.15) is 11.4 Å². The summed E-state index contributed by atoms with van der Waals surface area (Å²) in [5, 5.41) is 18.7. The highest BCUT2D eigenvalue weighted by Gasteiger charge is 2.42. The van der Waals surface area contributed by atoms with E-state index in [9.17, 15) is 41.3 Å². The lowest BCUT2D eigenvalue weighted by atomic mass is 10.2. The zero-order valence-electron chi connectivity index (χ0n) is 16.5. The molecule has 33 heavy (non-hydrogen) atoms. The van der Waals surface area contributed by atoms with Crippen molar-refractivity contribution in [3.8, 4) is 5.69 Å². The summed E-state index contributed by atoms with van der Waals surface area (Å²) in [6.07, 6.45) is -10.2. The molecule has 2 aromatic carbocycles. The van der Waals surface area contributed by atoms with Gasteiger partial charge in [-0.3, -0.25) is 10.1 Å². The van der Waals surface area contributed by atoms with Gasteiger partial charge in [-0.15, -0.1) is 0 Å². The van der Waals surface area contributed by atoms with Gasteiger partial charge in [-0.05, 0) is 42.8 Å². The molecule has 174 valence electrons. The highest BCUT2D eigenvalue weighted by atomic mass is 19.4. The van der Waals surface area contributed by atoms with Gasteiger partial charge in [0.05, 0.1) is 10.6 Å². The molecule has 0 atom stereocenters. The van der Waals surface area contributed by atoms with Crippen molar-refractivity contribution in [1.82, 2.24) is 9.78 Å². The van der Waals surface area contributed by atoms with Crippen molar-refractivity contribution >= 4 is 23.1 Å². The maximum Gasteiger partial charge on any atom is 0.435 e. The van der Waals surface area contributed by atoms with E-state index in [0.717, 1.165) is 24.3 Å². The Hall–Kier alpha value is -4.10. The van der Waals surface area contributed by atoms with Crippen LogP contribution in [0.15, 0.2) is 48.5 Å². The molecule has 1 aromatic heterocycles. The summed E-state index contributed by atoms with van der Waals surface area (Å²) < 4.78 is 78.1. The van der Waals surface area contributed by atoms with Gasteiger partial charge in [-0.25, -0.2) is 9.48 Å². The number of nitrogens with zero attached hydrogens (tertiary/aromatic N) is 3. The van der Waals surface area contributed by atoms with E-state index in [2.05, 4.69) is 15.7 Å². The quantitative estimate of drug-likeness (QED) is 0.285. The Morgan fingerprint density at radius 3 is 2.15 bits per heavy atom. The topological polar surface area (TPSA) is 102 Å². The molecular formula is C19H13F6N5O3. The van der Waals surface area contributed by atoms with Crippen molar-refractivity contribution in [1.29, 1.82) is 0 Å². The normalized spacial score (nSPS) is 11.8. The number of aromatic nitrogens is 2. The van der Waals surface area contributed by atoms with Crippen LogP contribution in [0.5, 0.6) is 0 Å². The van der Waals surface area contributed by atoms with Gasteiger partial charge >= 0.3 is 18.4 Å². The standard InChI is InChI=1S/C19H13F6N5O3/c1-10-2-7-13(14(8-10)30(32)33)27-17(31)26-11-3-5-12(6-4-11)29-16(19(23,24)25)9-15(28-29)18(20,21)22/h2-9H,1H3,(H2,26,27,31). The number of benzene rings is 2. The van der Waals surface area contributed by atoms with Crippen LogP contribution in [-0.4, -0.2) is 20.7 Å². The number of alkyl halides is 6.